The summed E-state index contributed by atoms with van der Waals surface area (Å²) in [6.45, 7) is 3.94. The number of hydrogen-bond donors (Lipinski definition) is 1. The lowest BCUT2D eigenvalue weighted by molar-refractivity contribution is 0.0692. The maximum Gasteiger partial charge on any atom is 0.338 e. The van der Waals surface area contributed by atoms with Gasteiger partial charge in [-0.15, -0.1) is 0 Å². The average Bonchev–Trinajstić information content (AvgIpc) is 2.63. The second-order valence-electron chi connectivity index (χ2n) is 5.50. The van der Waals surface area contributed by atoms with Gasteiger partial charge in [0.05, 0.1) is 5.56 Å². The highest BCUT2D eigenvalue weighted by Crippen LogP contribution is 2.22. The van der Waals surface area contributed by atoms with Gasteiger partial charge in [-0.05, 0) is 43.5 Å². The second-order valence-corrected chi connectivity index (χ2v) is 5.50. The van der Waals surface area contributed by atoms with Gasteiger partial charge in [0.1, 0.15) is 5.82 Å². The molecule has 1 atom stereocenters. The quantitative estimate of drug-likeness (QED) is 0.914. The Morgan fingerprint density at radius 2 is 2.20 bits per heavy atom. The molecule has 0 amide bonds. The van der Waals surface area contributed by atoms with Crippen molar-refractivity contribution in [2.45, 2.75) is 51.6 Å². The number of rotatable bonds is 4. The molecule has 1 aliphatic heterocycles. The van der Waals surface area contributed by atoms with Crippen LogP contribution in [-0.2, 0) is 6.54 Å². The molecule has 4 heteroatoms. The third-order valence-corrected chi connectivity index (χ3v) is 4.12. The molecule has 1 N–H and O–H groups in total. The minimum absolute atomic E-state index is 0.253. The smallest absolute Gasteiger partial charge is 0.338 e. The van der Waals surface area contributed by atoms with Crippen LogP contribution < -0.4 is 0 Å². The third kappa shape index (κ3) is 3.57. The summed E-state index contributed by atoms with van der Waals surface area (Å²) in [5.41, 5.74) is 0.601. The number of carboxylic acid groups (broad SMARTS) is 1. The fraction of sp³-hybridized carbons (Fsp3) is 0.562. The summed E-state index contributed by atoms with van der Waals surface area (Å²) in [6, 6.07) is 5.01. The zero-order valence-corrected chi connectivity index (χ0v) is 11.9. The van der Waals surface area contributed by atoms with Crippen molar-refractivity contribution in [3.63, 3.8) is 0 Å². The highest BCUT2D eigenvalue weighted by Gasteiger charge is 2.20. The van der Waals surface area contributed by atoms with Gasteiger partial charge in [-0.3, -0.25) is 4.90 Å². The lowest BCUT2D eigenvalue weighted by Gasteiger charge is -2.29. The number of nitrogens with zero attached hydrogens (tertiary/aromatic N) is 1. The van der Waals surface area contributed by atoms with Crippen LogP contribution in [0.25, 0.3) is 0 Å². The Hall–Kier alpha value is -1.42. The van der Waals surface area contributed by atoms with Gasteiger partial charge in [0.2, 0.25) is 0 Å². The first kappa shape index (κ1) is 15.0. The van der Waals surface area contributed by atoms with Gasteiger partial charge >= 0.3 is 5.97 Å². The normalized spacial score (nSPS) is 20.6. The fourth-order valence-electron chi connectivity index (χ4n) is 2.97. The van der Waals surface area contributed by atoms with Crippen LogP contribution in [0, 0.1) is 5.82 Å². The van der Waals surface area contributed by atoms with E-state index in [1.54, 1.807) is 6.07 Å². The second kappa shape index (κ2) is 6.84. The molecule has 1 unspecified atom stereocenters. The summed E-state index contributed by atoms with van der Waals surface area (Å²) in [5, 5.41) is 8.84. The van der Waals surface area contributed by atoms with E-state index in [0.717, 1.165) is 18.5 Å². The Labute approximate surface area is 119 Å². The van der Waals surface area contributed by atoms with Gasteiger partial charge in [-0.2, -0.15) is 0 Å². The third-order valence-electron chi connectivity index (χ3n) is 4.12. The van der Waals surface area contributed by atoms with Crippen LogP contribution >= 0.6 is 0 Å². The number of carbonyl (C=O) groups is 1. The van der Waals surface area contributed by atoms with E-state index in [2.05, 4.69) is 11.8 Å². The molecule has 0 aliphatic carbocycles. The van der Waals surface area contributed by atoms with Gasteiger partial charge < -0.3 is 5.11 Å². The molecule has 1 aromatic carbocycles. The van der Waals surface area contributed by atoms with Crippen molar-refractivity contribution < 1.29 is 14.3 Å². The van der Waals surface area contributed by atoms with Crippen LogP contribution in [0.1, 0.15) is 54.9 Å². The zero-order valence-electron chi connectivity index (χ0n) is 11.9. The molecule has 2 rings (SSSR count). The van der Waals surface area contributed by atoms with Crippen LogP contribution in [0.3, 0.4) is 0 Å². The molecule has 1 heterocycles. The summed E-state index contributed by atoms with van der Waals surface area (Å²) < 4.78 is 13.7. The minimum Gasteiger partial charge on any atom is -0.478 e. The molecule has 0 spiro atoms. The van der Waals surface area contributed by atoms with E-state index in [1.807, 2.05) is 0 Å². The Balaban J connectivity index is 2.11. The summed E-state index contributed by atoms with van der Waals surface area (Å²) in [6.07, 6.45) is 6.02. The molecule has 0 aromatic heterocycles. The standard InChI is InChI=1S/C16H22FNO2/c1-2-13-6-4-3-5-9-18(13)11-12-7-8-14(16(19)20)15(17)10-12/h7-8,10,13H,2-6,9,11H2,1H3,(H,19,20). The lowest BCUT2D eigenvalue weighted by atomic mass is 10.1. The summed E-state index contributed by atoms with van der Waals surface area (Å²) in [4.78, 5) is 13.2. The Kier molecular flexibility index (Phi) is 5.12. The fourth-order valence-corrected chi connectivity index (χ4v) is 2.97. The minimum atomic E-state index is -1.21. The maximum absolute atomic E-state index is 13.7. The van der Waals surface area contributed by atoms with Crippen LogP contribution in [0.15, 0.2) is 18.2 Å². The van der Waals surface area contributed by atoms with Crippen molar-refractivity contribution in [2.75, 3.05) is 6.54 Å². The Morgan fingerprint density at radius 3 is 2.85 bits per heavy atom. The summed E-state index contributed by atoms with van der Waals surface area (Å²) in [5.74, 6) is -1.85. The maximum atomic E-state index is 13.7. The zero-order chi connectivity index (χ0) is 14.5. The van der Waals surface area contributed by atoms with Crippen molar-refractivity contribution in [3.8, 4) is 0 Å². The van der Waals surface area contributed by atoms with Crippen molar-refractivity contribution in [3.05, 3.63) is 35.1 Å². The Morgan fingerprint density at radius 1 is 1.40 bits per heavy atom. The van der Waals surface area contributed by atoms with E-state index in [-0.39, 0.29) is 5.56 Å². The summed E-state index contributed by atoms with van der Waals surface area (Å²) in [7, 11) is 0. The van der Waals surface area contributed by atoms with Gasteiger partial charge in [0.15, 0.2) is 0 Å². The first-order valence-corrected chi connectivity index (χ1v) is 7.37. The van der Waals surface area contributed by atoms with Gasteiger partial charge in [-0.1, -0.05) is 25.8 Å². The molecule has 110 valence electrons. The molecule has 1 saturated heterocycles. The van der Waals surface area contributed by atoms with Crippen molar-refractivity contribution in [2.24, 2.45) is 0 Å². The predicted molar refractivity (Wildman–Crippen MR) is 76.3 cm³/mol. The van der Waals surface area contributed by atoms with E-state index in [4.69, 9.17) is 5.11 Å². The number of halogens is 1. The number of benzene rings is 1. The predicted octanol–water partition coefficient (Wildman–Crippen LogP) is 3.68. The molecule has 1 fully saturated rings. The van der Waals surface area contributed by atoms with Gasteiger partial charge in [-0.25, -0.2) is 9.18 Å². The molecule has 1 aromatic rings. The monoisotopic (exact) mass is 279 g/mol. The largest absolute Gasteiger partial charge is 0.478 e. The molecule has 0 radical (unpaired) electrons. The molecule has 3 nitrogen and oxygen atoms in total. The van der Waals surface area contributed by atoms with E-state index in [0.29, 0.717) is 12.6 Å². The first-order chi connectivity index (χ1) is 9.61. The Bertz CT molecular complexity index is 476. The van der Waals surface area contributed by atoms with E-state index in [9.17, 15) is 9.18 Å². The SMILES string of the molecule is CCC1CCCCCN1Cc1ccc(C(=O)O)c(F)c1. The van der Waals surface area contributed by atoms with Crippen LogP contribution in [0.5, 0.6) is 0 Å². The van der Waals surface area contributed by atoms with Crippen LogP contribution in [-0.4, -0.2) is 28.6 Å². The lowest BCUT2D eigenvalue weighted by Crippen LogP contribution is -2.33. The first-order valence-electron chi connectivity index (χ1n) is 7.37. The molecule has 1 aliphatic rings. The van der Waals surface area contributed by atoms with E-state index < -0.39 is 11.8 Å². The molecular formula is C16H22FNO2. The molecule has 0 saturated carbocycles. The highest BCUT2D eigenvalue weighted by atomic mass is 19.1. The van der Waals surface area contributed by atoms with Crippen molar-refractivity contribution in [1.29, 1.82) is 0 Å². The molecular weight excluding hydrogens is 257 g/mol. The summed E-state index contributed by atoms with van der Waals surface area (Å²) >= 11 is 0. The number of aromatic carboxylic acids is 1. The topological polar surface area (TPSA) is 40.5 Å². The van der Waals surface area contributed by atoms with Crippen LogP contribution in [0.4, 0.5) is 4.39 Å². The number of carboxylic acids is 1. The number of likely N-dealkylation sites (tertiary alicyclic amines) is 1. The molecule has 20 heavy (non-hydrogen) atoms. The van der Waals surface area contributed by atoms with Gasteiger partial charge in [0, 0.05) is 12.6 Å². The van der Waals surface area contributed by atoms with Crippen LogP contribution in [0.2, 0.25) is 0 Å². The number of hydrogen-bond acceptors (Lipinski definition) is 2. The van der Waals surface area contributed by atoms with Crippen molar-refractivity contribution >= 4 is 5.97 Å². The molecule has 0 bridgehead atoms. The van der Waals surface area contributed by atoms with E-state index in [1.165, 1.54) is 37.8 Å². The van der Waals surface area contributed by atoms with Crippen molar-refractivity contribution in [1.82, 2.24) is 4.90 Å². The highest BCUT2D eigenvalue weighted by molar-refractivity contribution is 5.87. The van der Waals surface area contributed by atoms with E-state index >= 15 is 0 Å². The van der Waals surface area contributed by atoms with Gasteiger partial charge in [0.25, 0.3) is 0 Å². The average molecular weight is 279 g/mol.